The minimum absolute atomic E-state index is 0.410. The molecule has 0 aromatic heterocycles. The maximum atomic E-state index is 2.49. The van der Waals surface area contributed by atoms with Crippen LogP contribution < -0.4 is 4.90 Å². The molecule has 0 heterocycles. The van der Waals surface area contributed by atoms with Gasteiger partial charge in [-0.2, -0.15) is 0 Å². The van der Waals surface area contributed by atoms with Gasteiger partial charge in [-0.3, -0.25) is 0 Å². The highest BCUT2D eigenvalue weighted by Crippen LogP contribution is 2.70. The first kappa shape index (κ1) is 32.8. The zero-order chi connectivity index (χ0) is 37.5. The molecule has 0 radical (unpaired) electrons. The van der Waals surface area contributed by atoms with Crippen LogP contribution in [0.15, 0.2) is 194 Å². The second-order valence-electron chi connectivity index (χ2n) is 17.0. The lowest BCUT2D eigenvalue weighted by atomic mass is 9.75. The molecule has 4 aliphatic rings. The maximum absolute atomic E-state index is 2.49. The molecule has 4 bridgehead atoms. The first-order valence-corrected chi connectivity index (χ1v) is 20.8. The van der Waals surface area contributed by atoms with Crippen LogP contribution in [0.3, 0.4) is 0 Å². The van der Waals surface area contributed by atoms with Crippen LogP contribution in [0.1, 0.15) is 31.2 Å². The van der Waals surface area contributed by atoms with E-state index in [2.05, 4.69) is 199 Å². The summed E-state index contributed by atoms with van der Waals surface area (Å²) in [6.07, 6.45) is 5.69. The molecule has 2 atom stereocenters. The Hall–Kier alpha value is -6.44. The predicted molar refractivity (Wildman–Crippen MR) is 241 cm³/mol. The van der Waals surface area contributed by atoms with Gasteiger partial charge in [0, 0.05) is 16.8 Å². The summed E-state index contributed by atoms with van der Waals surface area (Å²) in [5.74, 6) is 2.80. The number of rotatable bonds is 7. The zero-order valence-electron chi connectivity index (χ0n) is 32.0. The largest absolute Gasteiger partial charge is 0.310 e. The Morgan fingerprint density at radius 2 is 0.965 bits per heavy atom. The molecule has 9 aromatic carbocycles. The van der Waals surface area contributed by atoms with E-state index in [0.717, 1.165) is 23.4 Å². The molecule has 4 aliphatic carbocycles. The average molecular weight is 730 g/mol. The number of fused-ring (bicyclic) bond motifs is 3. The molecule has 272 valence electrons. The van der Waals surface area contributed by atoms with Crippen molar-refractivity contribution in [3.05, 3.63) is 200 Å². The van der Waals surface area contributed by atoms with Crippen molar-refractivity contribution in [2.45, 2.75) is 31.1 Å². The normalized spacial score (nSPS) is 20.6. The van der Waals surface area contributed by atoms with Gasteiger partial charge in [-0.25, -0.2) is 0 Å². The maximum Gasteiger partial charge on any atom is 0.0540 e. The average Bonchev–Trinajstić information content (AvgIpc) is 4.05. The molecule has 13 rings (SSSR count). The number of nitrogens with zero attached hydrogens (tertiary/aromatic N) is 1. The second-order valence-corrected chi connectivity index (χ2v) is 17.0. The van der Waals surface area contributed by atoms with E-state index < -0.39 is 0 Å². The summed E-state index contributed by atoms with van der Waals surface area (Å²) in [4.78, 5) is 2.49. The van der Waals surface area contributed by atoms with Crippen LogP contribution in [-0.2, 0) is 5.41 Å². The number of anilines is 3. The minimum atomic E-state index is 0.410. The van der Waals surface area contributed by atoms with Crippen LogP contribution in [0.25, 0.3) is 65.7 Å². The van der Waals surface area contributed by atoms with Crippen molar-refractivity contribution in [3.63, 3.8) is 0 Å². The van der Waals surface area contributed by atoms with Gasteiger partial charge in [0.05, 0.1) is 5.69 Å². The van der Waals surface area contributed by atoms with Gasteiger partial charge in [0.15, 0.2) is 0 Å². The highest BCUT2D eigenvalue weighted by atomic mass is 15.1. The number of hydrogen-bond acceptors (Lipinski definition) is 1. The first-order chi connectivity index (χ1) is 28.2. The van der Waals surface area contributed by atoms with Crippen LogP contribution in [0.2, 0.25) is 0 Å². The van der Waals surface area contributed by atoms with Crippen molar-refractivity contribution in [2.24, 2.45) is 17.8 Å². The van der Waals surface area contributed by atoms with Gasteiger partial charge in [0.25, 0.3) is 0 Å². The lowest BCUT2D eigenvalue weighted by molar-refractivity contribution is 0.371. The van der Waals surface area contributed by atoms with Gasteiger partial charge < -0.3 is 4.90 Å². The lowest BCUT2D eigenvalue weighted by Crippen LogP contribution is -2.24. The summed E-state index contributed by atoms with van der Waals surface area (Å²) >= 11 is 0. The molecule has 4 fully saturated rings. The van der Waals surface area contributed by atoms with Gasteiger partial charge in [0.2, 0.25) is 0 Å². The third-order valence-electron chi connectivity index (χ3n) is 14.2. The third kappa shape index (κ3) is 5.15. The van der Waals surface area contributed by atoms with Crippen molar-refractivity contribution in [3.8, 4) is 33.4 Å². The fraction of sp³-hybridized carbons (Fsp3) is 0.143. The van der Waals surface area contributed by atoms with Gasteiger partial charge >= 0.3 is 0 Å². The van der Waals surface area contributed by atoms with E-state index in [-0.39, 0.29) is 0 Å². The topological polar surface area (TPSA) is 3.24 Å². The van der Waals surface area contributed by atoms with Gasteiger partial charge in [-0.05, 0) is 151 Å². The van der Waals surface area contributed by atoms with Crippen LogP contribution in [0.5, 0.6) is 0 Å². The summed E-state index contributed by atoms with van der Waals surface area (Å²) in [5.41, 5.74) is 13.0. The Labute approximate surface area is 334 Å². The van der Waals surface area contributed by atoms with E-state index in [1.807, 2.05) is 0 Å². The van der Waals surface area contributed by atoms with Crippen molar-refractivity contribution < 1.29 is 0 Å². The zero-order valence-corrected chi connectivity index (χ0v) is 32.0. The molecule has 4 saturated carbocycles. The van der Waals surface area contributed by atoms with E-state index in [1.165, 1.54) is 103 Å². The molecule has 0 aliphatic heterocycles. The molecule has 9 aromatic rings. The Bertz CT molecular complexity index is 2960. The first-order valence-electron chi connectivity index (χ1n) is 20.8. The van der Waals surface area contributed by atoms with Crippen molar-refractivity contribution in [1.29, 1.82) is 0 Å². The summed E-state index contributed by atoms with van der Waals surface area (Å²) in [6.45, 7) is 0. The molecule has 2 unspecified atom stereocenters. The van der Waals surface area contributed by atoms with E-state index in [1.54, 1.807) is 5.56 Å². The fourth-order valence-corrected chi connectivity index (χ4v) is 11.7. The molecule has 1 nitrogen and oxygen atoms in total. The van der Waals surface area contributed by atoms with Crippen molar-refractivity contribution in [2.75, 3.05) is 4.90 Å². The van der Waals surface area contributed by atoms with Crippen molar-refractivity contribution >= 4 is 49.4 Å². The molecule has 0 saturated heterocycles. The highest BCUT2D eigenvalue weighted by molar-refractivity contribution is 6.10. The quantitative estimate of drug-likeness (QED) is 0.158. The Morgan fingerprint density at radius 1 is 0.386 bits per heavy atom. The standard InChI is InChI=1S/C56H43N/c1-2-10-38(11-3-1)49-18-8-14-40-20-21-41(34-54(40)49)37-22-26-46(27-23-37)57(47-28-24-44(25-29-47)56-35-42-32-45(56)33-43(42)36-56)55-31-30-52(51-16-6-7-17-53(51)55)50-19-9-13-39-12-4-5-15-48(39)50/h1-31,34,42-43,45H,32-33,35-36H2. The van der Waals surface area contributed by atoms with E-state index >= 15 is 0 Å². The smallest absolute Gasteiger partial charge is 0.0540 e. The van der Waals surface area contributed by atoms with E-state index in [0.29, 0.717) is 5.41 Å². The van der Waals surface area contributed by atoms with Crippen LogP contribution in [0.4, 0.5) is 17.1 Å². The van der Waals surface area contributed by atoms with Gasteiger partial charge in [0.1, 0.15) is 0 Å². The molecular weight excluding hydrogens is 687 g/mol. The Balaban J connectivity index is 0.985. The lowest BCUT2D eigenvalue weighted by Gasteiger charge is -2.31. The van der Waals surface area contributed by atoms with Gasteiger partial charge in [-0.15, -0.1) is 0 Å². The molecule has 1 heteroatoms. The third-order valence-corrected chi connectivity index (χ3v) is 14.2. The molecule has 0 spiro atoms. The van der Waals surface area contributed by atoms with E-state index in [9.17, 15) is 0 Å². The summed E-state index contributed by atoms with van der Waals surface area (Å²) in [6, 6.07) is 72.4. The fourth-order valence-electron chi connectivity index (χ4n) is 11.7. The molecule has 0 amide bonds. The molecule has 57 heavy (non-hydrogen) atoms. The highest BCUT2D eigenvalue weighted by Gasteiger charge is 2.63. The monoisotopic (exact) mass is 729 g/mol. The molecule has 0 N–H and O–H groups in total. The van der Waals surface area contributed by atoms with Gasteiger partial charge in [-0.1, -0.05) is 158 Å². The summed E-state index contributed by atoms with van der Waals surface area (Å²) in [5, 5.41) is 7.58. The van der Waals surface area contributed by atoms with Crippen LogP contribution in [-0.4, -0.2) is 0 Å². The predicted octanol–water partition coefficient (Wildman–Crippen LogP) is 15.3. The van der Waals surface area contributed by atoms with E-state index in [4.69, 9.17) is 0 Å². The Morgan fingerprint density at radius 3 is 1.68 bits per heavy atom. The second kappa shape index (κ2) is 12.8. The Kier molecular flexibility index (Phi) is 7.36. The molecular formula is C56H43N. The number of benzene rings is 9. The minimum Gasteiger partial charge on any atom is -0.310 e. The van der Waals surface area contributed by atoms with Crippen LogP contribution in [0, 0.1) is 17.8 Å². The van der Waals surface area contributed by atoms with Crippen LogP contribution >= 0.6 is 0 Å². The van der Waals surface area contributed by atoms with Crippen molar-refractivity contribution in [1.82, 2.24) is 0 Å². The summed E-state index contributed by atoms with van der Waals surface area (Å²) < 4.78 is 0. The SMILES string of the molecule is c1ccc(-c2cccc3ccc(-c4ccc(N(c5ccc(C67CC8CC6CC8C7)cc5)c5ccc(-c6cccc7ccccc67)c6ccccc56)cc4)cc23)cc1. The summed E-state index contributed by atoms with van der Waals surface area (Å²) in [7, 11) is 0. The number of hydrogen-bond donors (Lipinski definition) is 0.